The summed E-state index contributed by atoms with van der Waals surface area (Å²) in [4.78, 5) is 27.2. The fourth-order valence-corrected chi connectivity index (χ4v) is 1.39. The predicted molar refractivity (Wildman–Crippen MR) is 56.1 cm³/mol. The van der Waals surface area contributed by atoms with Gasteiger partial charge in [0.05, 0.1) is 22.4 Å². The average molecular weight is 217 g/mol. The predicted octanol–water partition coefficient (Wildman–Crippen LogP) is 1.80. The molecule has 1 aromatic carbocycles. The van der Waals surface area contributed by atoms with Gasteiger partial charge in [0.15, 0.2) is 12.1 Å². The summed E-state index contributed by atoms with van der Waals surface area (Å²) in [5, 5.41) is 10.8. The van der Waals surface area contributed by atoms with Crippen LogP contribution in [0.5, 0.6) is 0 Å². The van der Waals surface area contributed by atoms with Crippen LogP contribution in [-0.4, -0.2) is 21.2 Å². The van der Waals surface area contributed by atoms with Crippen molar-refractivity contribution in [3.8, 4) is 11.3 Å². The molecule has 0 aliphatic rings. The van der Waals surface area contributed by atoms with Crippen molar-refractivity contribution in [3.05, 3.63) is 46.4 Å². The highest BCUT2D eigenvalue weighted by molar-refractivity contribution is 5.75. The second-order valence-electron chi connectivity index (χ2n) is 3.07. The SMILES string of the molecule is O=Cc1ncc(-c2ccccc2[N+](=O)[O-])[nH]1. The number of rotatable bonds is 3. The number of nitro groups is 1. The molecule has 0 aliphatic heterocycles. The van der Waals surface area contributed by atoms with Gasteiger partial charge in [0.25, 0.3) is 5.69 Å². The number of imidazole rings is 1. The first-order valence-corrected chi connectivity index (χ1v) is 4.46. The smallest absolute Gasteiger partial charge is 0.278 e. The summed E-state index contributed by atoms with van der Waals surface area (Å²) in [5.41, 5.74) is 0.839. The van der Waals surface area contributed by atoms with Crippen LogP contribution in [0.25, 0.3) is 11.3 Å². The number of aromatic amines is 1. The molecule has 0 fully saturated rings. The van der Waals surface area contributed by atoms with Gasteiger partial charge >= 0.3 is 0 Å². The molecule has 0 aliphatic carbocycles. The lowest BCUT2D eigenvalue weighted by Gasteiger charge is -1.98. The summed E-state index contributed by atoms with van der Waals surface area (Å²) < 4.78 is 0. The summed E-state index contributed by atoms with van der Waals surface area (Å²) in [5.74, 6) is 0.146. The molecule has 0 atom stereocenters. The van der Waals surface area contributed by atoms with Gasteiger partial charge < -0.3 is 4.98 Å². The molecule has 0 spiro atoms. The molecule has 1 aromatic heterocycles. The normalized spacial score (nSPS) is 10.0. The largest absolute Gasteiger partial charge is 0.336 e. The van der Waals surface area contributed by atoms with E-state index in [1.165, 1.54) is 12.3 Å². The second kappa shape index (κ2) is 3.93. The molecule has 6 heteroatoms. The fraction of sp³-hybridized carbons (Fsp3) is 0. The lowest BCUT2D eigenvalue weighted by molar-refractivity contribution is -0.384. The van der Waals surface area contributed by atoms with Crippen LogP contribution in [0.3, 0.4) is 0 Å². The molecule has 0 amide bonds. The molecule has 0 radical (unpaired) electrons. The van der Waals surface area contributed by atoms with Crippen molar-refractivity contribution in [2.45, 2.75) is 0 Å². The third-order valence-corrected chi connectivity index (χ3v) is 2.10. The number of carbonyl (C=O) groups excluding carboxylic acids is 1. The zero-order chi connectivity index (χ0) is 11.5. The van der Waals surface area contributed by atoms with E-state index in [1.54, 1.807) is 18.2 Å². The lowest BCUT2D eigenvalue weighted by atomic mass is 10.1. The first kappa shape index (κ1) is 10.0. The van der Waals surface area contributed by atoms with Crippen LogP contribution in [0.4, 0.5) is 5.69 Å². The van der Waals surface area contributed by atoms with Crippen LogP contribution in [0.2, 0.25) is 0 Å². The third-order valence-electron chi connectivity index (χ3n) is 2.10. The number of aldehydes is 1. The minimum atomic E-state index is -0.475. The lowest BCUT2D eigenvalue weighted by Crippen LogP contribution is -1.91. The summed E-state index contributed by atoms with van der Waals surface area (Å²) in [7, 11) is 0. The van der Waals surface area contributed by atoms with Crippen LogP contribution < -0.4 is 0 Å². The van der Waals surface area contributed by atoms with Crippen LogP contribution in [0.1, 0.15) is 10.6 Å². The number of nitro benzene ring substituents is 1. The van der Waals surface area contributed by atoms with Gasteiger partial charge in [-0.05, 0) is 6.07 Å². The van der Waals surface area contributed by atoms with Crippen molar-refractivity contribution >= 4 is 12.0 Å². The topological polar surface area (TPSA) is 88.9 Å². The number of nitrogens with zero attached hydrogens (tertiary/aromatic N) is 2. The van der Waals surface area contributed by atoms with Gasteiger partial charge in [0.1, 0.15) is 0 Å². The van der Waals surface area contributed by atoms with Crippen LogP contribution in [0, 0.1) is 10.1 Å². The zero-order valence-electron chi connectivity index (χ0n) is 8.08. The third kappa shape index (κ3) is 1.68. The molecule has 2 aromatic rings. The highest BCUT2D eigenvalue weighted by Gasteiger charge is 2.15. The van der Waals surface area contributed by atoms with E-state index in [4.69, 9.17) is 0 Å². The van der Waals surface area contributed by atoms with Gasteiger partial charge in [-0.25, -0.2) is 4.98 Å². The molecular weight excluding hydrogens is 210 g/mol. The van der Waals surface area contributed by atoms with E-state index in [-0.39, 0.29) is 11.5 Å². The van der Waals surface area contributed by atoms with E-state index in [1.807, 2.05) is 0 Å². The monoisotopic (exact) mass is 217 g/mol. The number of carbonyl (C=O) groups is 1. The summed E-state index contributed by atoms with van der Waals surface area (Å²) in [6.45, 7) is 0. The maximum atomic E-state index is 10.8. The van der Waals surface area contributed by atoms with Gasteiger partial charge in [0.2, 0.25) is 0 Å². The number of aromatic nitrogens is 2. The molecular formula is C10H7N3O3. The van der Waals surface area contributed by atoms with Crippen molar-refractivity contribution < 1.29 is 9.72 Å². The Hall–Kier alpha value is -2.50. The van der Waals surface area contributed by atoms with Crippen molar-refractivity contribution in [2.24, 2.45) is 0 Å². The molecule has 1 heterocycles. The summed E-state index contributed by atoms with van der Waals surface area (Å²) in [6, 6.07) is 6.26. The van der Waals surface area contributed by atoms with E-state index in [0.717, 1.165) is 0 Å². The Morgan fingerprint density at radius 2 is 2.12 bits per heavy atom. The van der Waals surface area contributed by atoms with Gasteiger partial charge in [0, 0.05) is 6.07 Å². The molecule has 2 rings (SSSR count). The van der Waals surface area contributed by atoms with Gasteiger partial charge in [-0.3, -0.25) is 14.9 Å². The number of hydrogen-bond acceptors (Lipinski definition) is 4. The Morgan fingerprint density at radius 3 is 2.75 bits per heavy atom. The number of hydrogen-bond donors (Lipinski definition) is 1. The van der Waals surface area contributed by atoms with E-state index in [2.05, 4.69) is 9.97 Å². The maximum absolute atomic E-state index is 10.8. The Morgan fingerprint density at radius 1 is 1.38 bits per heavy atom. The van der Waals surface area contributed by atoms with Crippen molar-refractivity contribution in [3.63, 3.8) is 0 Å². The van der Waals surface area contributed by atoms with Crippen LogP contribution in [-0.2, 0) is 0 Å². The highest BCUT2D eigenvalue weighted by atomic mass is 16.6. The number of H-pyrrole nitrogens is 1. The van der Waals surface area contributed by atoms with E-state index in [9.17, 15) is 14.9 Å². The van der Waals surface area contributed by atoms with Crippen molar-refractivity contribution in [1.29, 1.82) is 0 Å². The van der Waals surface area contributed by atoms with Gasteiger partial charge in [-0.2, -0.15) is 0 Å². The summed E-state index contributed by atoms with van der Waals surface area (Å²) >= 11 is 0. The minimum absolute atomic E-state index is 0.0244. The average Bonchev–Trinajstić information content (AvgIpc) is 2.77. The first-order chi connectivity index (χ1) is 7.72. The maximum Gasteiger partial charge on any atom is 0.278 e. The van der Waals surface area contributed by atoms with E-state index in [0.29, 0.717) is 17.5 Å². The van der Waals surface area contributed by atoms with E-state index >= 15 is 0 Å². The standard InChI is InChI=1S/C10H7N3O3/c14-6-10-11-5-8(12-10)7-3-1-2-4-9(7)13(15)16/h1-6H,(H,11,12). The summed E-state index contributed by atoms with van der Waals surface area (Å²) in [6.07, 6.45) is 1.95. The number of nitrogens with one attached hydrogen (secondary N) is 1. The van der Waals surface area contributed by atoms with Crippen molar-refractivity contribution in [1.82, 2.24) is 9.97 Å². The van der Waals surface area contributed by atoms with Gasteiger partial charge in [-0.1, -0.05) is 12.1 Å². The molecule has 80 valence electrons. The van der Waals surface area contributed by atoms with Crippen LogP contribution in [0.15, 0.2) is 30.5 Å². The number of para-hydroxylation sites is 1. The van der Waals surface area contributed by atoms with Crippen LogP contribution >= 0.6 is 0 Å². The molecule has 16 heavy (non-hydrogen) atoms. The zero-order valence-corrected chi connectivity index (χ0v) is 8.08. The Labute approximate surface area is 90.1 Å². The molecule has 0 unspecified atom stereocenters. The molecule has 0 saturated heterocycles. The molecule has 0 saturated carbocycles. The van der Waals surface area contributed by atoms with Gasteiger partial charge in [-0.15, -0.1) is 0 Å². The first-order valence-electron chi connectivity index (χ1n) is 4.46. The number of benzene rings is 1. The Balaban J connectivity index is 2.54. The highest BCUT2D eigenvalue weighted by Crippen LogP contribution is 2.27. The van der Waals surface area contributed by atoms with E-state index < -0.39 is 4.92 Å². The molecule has 0 bridgehead atoms. The molecule has 6 nitrogen and oxygen atoms in total. The Bertz CT molecular complexity index is 548. The quantitative estimate of drug-likeness (QED) is 0.482. The molecule has 1 N–H and O–H groups in total. The fourth-order valence-electron chi connectivity index (χ4n) is 1.39. The Kier molecular flexibility index (Phi) is 2.47. The second-order valence-corrected chi connectivity index (χ2v) is 3.07. The van der Waals surface area contributed by atoms with Crippen molar-refractivity contribution in [2.75, 3.05) is 0 Å². The minimum Gasteiger partial charge on any atom is -0.336 e.